The first-order valence-electron chi connectivity index (χ1n) is 5.13. The maximum Gasteiger partial charge on any atom is 0.228 e. The molecule has 0 radical (unpaired) electrons. The summed E-state index contributed by atoms with van der Waals surface area (Å²) < 4.78 is 12.8. The topological polar surface area (TPSA) is 41.1 Å². The largest absolute Gasteiger partial charge is 0.324 e. The van der Waals surface area contributed by atoms with Crippen LogP contribution < -0.4 is 10.6 Å². The molecule has 16 heavy (non-hydrogen) atoms. The van der Waals surface area contributed by atoms with Crippen molar-refractivity contribution in [1.82, 2.24) is 5.32 Å². The molecular formula is C11H12ClFN2O. The van der Waals surface area contributed by atoms with Crippen molar-refractivity contribution in [2.24, 2.45) is 5.92 Å². The monoisotopic (exact) mass is 242 g/mol. The predicted molar refractivity (Wildman–Crippen MR) is 61.0 cm³/mol. The quantitative estimate of drug-likeness (QED) is 0.833. The van der Waals surface area contributed by atoms with Crippen LogP contribution in [0.25, 0.3) is 0 Å². The van der Waals surface area contributed by atoms with Gasteiger partial charge in [0, 0.05) is 6.54 Å². The Morgan fingerprint density at radius 2 is 2.38 bits per heavy atom. The molecule has 2 N–H and O–H groups in total. The second-order valence-corrected chi connectivity index (χ2v) is 4.21. The number of benzene rings is 1. The van der Waals surface area contributed by atoms with Gasteiger partial charge in [0.15, 0.2) is 0 Å². The van der Waals surface area contributed by atoms with Crippen molar-refractivity contribution in [3.05, 3.63) is 29.0 Å². The van der Waals surface area contributed by atoms with E-state index in [1.165, 1.54) is 18.2 Å². The lowest BCUT2D eigenvalue weighted by Gasteiger charge is -2.10. The smallest absolute Gasteiger partial charge is 0.228 e. The van der Waals surface area contributed by atoms with Crippen LogP contribution in [0.4, 0.5) is 10.1 Å². The highest BCUT2D eigenvalue weighted by Gasteiger charge is 2.22. The number of carbonyl (C=O) groups is 1. The van der Waals surface area contributed by atoms with E-state index in [1.807, 2.05) is 0 Å². The SMILES string of the molecule is O=C(Nc1ccc(F)cc1Cl)C1CCNC1. The van der Waals surface area contributed by atoms with Crippen LogP contribution in [0, 0.1) is 11.7 Å². The van der Waals surface area contributed by atoms with Crippen molar-refractivity contribution in [3.8, 4) is 0 Å². The lowest BCUT2D eigenvalue weighted by molar-refractivity contribution is -0.119. The number of rotatable bonds is 2. The van der Waals surface area contributed by atoms with E-state index in [1.54, 1.807) is 0 Å². The van der Waals surface area contributed by atoms with E-state index in [4.69, 9.17) is 11.6 Å². The standard InChI is InChI=1S/C11H12ClFN2O/c12-9-5-8(13)1-2-10(9)15-11(16)7-3-4-14-6-7/h1-2,5,7,14H,3-4,6H2,(H,15,16). The lowest BCUT2D eigenvalue weighted by Crippen LogP contribution is -2.24. The van der Waals surface area contributed by atoms with E-state index in [9.17, 15) is 9.18 Å². The van der Waals surface area contributed by atoms with Crippen LogP contribution in [0.2, 0.25) is 5.02 Å². The fraction of sp³-hybridized carbons (Fsp3) is 0.364. The first-order chi connectivity index (χ1) is 7.66. The minimum atomic E-state index is -0.412. The van der Waals surface area contributed by atoms with Crippen LogP contribution in [0.3, 0.4) is 0 Å². The molecule has 1 heterocycles. The normalized spacial score (nSPS) is 19.8. The maximum absolute atomic E-state index is 12.8. The molecule has 1 aromatic carbocycles. The molecule has 86 valence electrons. The molecule has 0 aliphatic carbocycles. The fourth-order valence-electron chi connectivity index (χ4n) is 1.70. The van der Waals surface area contributed by atoms with Crippen LogP contribution in [0.1, 0.15) is 6.42 Å². The summed E-state index contributed by atoms with van der Waals surface area (Å²) in [4.78, 5) is 11.7. The Bertz CT molecular complexity index is 405. The Kier molecular flexibility index (Phi) is 3.41. The number of anilines is 1. The van der Waals surface area contributed by atoms with Gasteiger partial charge in [-0.1, -0.05) is 11.6 Å². The zero-order valence-corrected chi connectivity index (χ0v) is 9.35. The van der Waals surface area contributed by atoms with Gasteiger partial charge < -0.3 is 10.6 Å². The molecule has 1 aliphatic rings. The molecule has 1 atom stereocenters. The molecule has 1 saturated heterocycles. The number of carbonyl (C=O) groups excluding carboxylic acids is 1. The molecule has 2 rings (SSSR count). The number of hydrogen-bond donors (Lipinski definition) is 2. The first-order valence-corrected chi connectivity index (χ1v) is 5.51. The number of nitrogens with one attached hydrogen (secondary N) is 2. The maximum atomic E-state index is 12.8. The number of halogens is 2. The molecule has 1 aliphatic heterocycles. The molecule has 1 unspecified atom stereocenters. The van der Waals surface area contributed by atoms with Gasteiger partial charge in [-0.05, 0) is 31.2 Å². The summed E-state index contributed by atoms with van der Waals surface area (Å²) in [6.45, 7) is 1.54. The van der Waals surface area contributed by atoms with Gasteiger partial charge in [0.1, 0.15) is 5.82 Å². The van der Waals surface area contributed by atoms with Crippen LogP contribution in [0.5, 0.6) is 0 Å². The van der Waals surface area contributed by atoms with E-state index >= 15 is 0 Å². The van der Waals surface area contributed by atoms with E-state index in [2.05, 4.69) is 10.6 Å². The van der Waals surface area contributed by atoms with Crippen molar-refractivity contribution < 1.29 is 9.18 Å². The Hall–Kier alpha value is -1.13. The molecule has 0 aromatic heterocycles. The van der Waals surface area contributed by atoms with Gasteiger partial charge in [-0.15, -0.1) is 0 Å². The average molecular weight is 243 g/mol. The first kappa shape index (κ1) is 11.4. The zero-order chi connectivity index (χ0) is 11.5. The van der Waals surface area contributed by atoms with Gasteiger partial charge in [0.05, 0.1) is 16.6 Å². The summed E-state index contributed by atoms with van der Waals surface area (Å²) in [5.74, 6) is -0.509. The highest BCUT2D eigenvalue weighted by molar-refractivity contribution is 6.33. The Morgan fingerprint density at radius 3 is 3.00 bits per heavy atom. The van der Waals surface area contributed by atoms with E-state index < -0.39 is 5.82 Å². The summed E-state index contributed by atoms with van der Waals surface area (Å²) in [5.41, 5.74) is 0.458. The van der Waals surface area contributed by atoms with Crippen molar-refractivity contribution in [3.63, 3.8) is 0 Å². The van der Waals surface area contributed by atoms with E-state index in [0.717, 1.165) is 13.0 Å². The number of amides is 1. The van der Waals surface area contributed by atoms with Gasteiger partial charge in [0.2, 0.25) is 5.91 Å². The summed E-state index contributed by atoms with van der Waals surface area (Å²) >= 11 is 5.81. The highest BCUT2D eigenvalue weighted by atomic mass is 35.5. The van der Waals surface area contributed by atoms with Gasteiger partial charge >= 0.3 is 0 Å². The number of hydrogen-bond acceptors (Lipinski definition) is 2. The van der Waals surface area contributed by atoms with Crippen LogP contribution in [-0.4, -0.2) is 19.0 Å². The van der Waals surface area contributed by atoms with Gasteiger partial charge in [-0.3, -0.25) is 4.79 Å². The van der Waals surface area contributed by atoms with Crippen LogP contribution >= 0.6 is 11.6 Å². The van der Waals surface area contributed by atoms with Crippen LogP contribution in [0.15, 0.2) is 18.2 Å². The van der Waals surface area contributed by atoms with Gasteiger partial charge in [0.25, 0.3) is 0 Å². The highest BCUT2D eigenvalue weighted by Crippen LogP contribution is 2.23. The zero-order valence-electron chi connectivity index (χ0n) is 8.59. The molecule has 0 saturated carbocycles. The summed E-state index contributed by atoms with van der Waals surface area (Å²) in [6, 6.07) is 3.93. The summed E-state index contributed by atoms with van der Waals surface area (Å²) in [7, 11) is 0. The molecule has 0 bridgehead atoms. The van der Waals surface area contributed by atoms with Crippen molar-refractivity contribution >= 4 is 23.2 Å². The van der Waals surface area contributed by atoms with Crippen molar-refractivity contribution in [2.75, 3.05) is 18.4 Å². The molecule has 1 aromatic rings. The Labute approximate surface area is 98.0 Å². The Balaban J connectivity index is 2.05. The second-order valence-electron chi connectivity index (χ2n) is 3.80. The third-order valence-electron chi connectivity index (χ3n) is 2.62. The van der Waals surface area contributed by atoms with E-state index in [-0.39, 0.29) is 16.8 Å². The van der Waals surface area contributed by atoms with Crippen molar-refractivity contribution in [2.45, 2.75) is 6.42 Å². The van der Waals surface area contributed by atoms with Crippen LogP contribution in [-0.2, 0) is 4.79 Å². The summed E-state index contributed by atoms with van der Waals surface area (Å²) in [6.07, 6.45) is 0.824. The molecular weight excluding hydrogens is 231 g/mol. The molecule has 0 spiro atoms. The minimum Gasteiger partial charge on any atom is -0.324 e. The van der Waals surface area contributed by atoms with Gasteiger partial charge in [-0.2, -0.15) is 0 Å². The van der Waals surface area contributed by atoms with Crippen molar-refractivity contribution in [1.29, 1.82) is 0 Å². The minimum absolute atomic E-state index is 0.0267. The second kappa shape index (κ2) is 4.80. The van der Waals surface area contributed by atoms with E-state index in [0.29, 0.717) is 12.2 Å². The fourth-order valence-corrected chi connectivity index (χ4v) is 1.92. The lowest BCUT2D eigenvalue weighted by atomic mass is 10.1. The molecule has 1 amide bonds. The average Bonchev–Trinajstić information content (AvgIpc) is 2.75. The molecule has 3 nitrogen and oxygen atoms in total. The van der Waals surface area contributed by atoms with Gasteiger partial charge in [-0.25, -0.2) is 4.39 Å². The Morgan fingerprint density at radius 1 is 1.56 bits per heavy atom. The third kappa shape index (κ3) is 2.51. The summed E-state index contributed by atoms with van der Waals surface area (Å²) in [5, 5.41) is 6.03. The third-order valence-corrected chi connectivity index (χ3v) is 2.93. The predicted octanol–water partition coefficient (Wildman–Crippen LogP) is 2.03. The molecule has 1 fully saturated rings. The molecule has 5 heteroatoms.